The third kappa shape index (κ3) is 3.53. The van der Waals surface area contributed by atoms with E-state index in [-0.39, 0.29) is 5.92 Å². The van der Waals surface area contributed by atoms with E-state index in [1.54, 1.807) is 6.20 Å². The van der Waals surface area contributed by atoms with Crippen LogP contribution < -0.4 is 5.32 Å². The highest BCUT2D eigenvalue weighted by Crippen LogP contribution is 2.34. The average molecular weight is 369 g/mol. The molecule has 8 heteroatoms. The summed E-state index contributed by atoms with van der Waals surface area (Å²) < 4.78 is 10.7. The normalized spacial score (nSPS) is 21.1. The summed E-state index contributed by atoms with van der Waals surface area (Å²) in [5.41, 5.74) is 0.854. The molecular formula is C19H23N5O3. The van der Waals surface area contributed by atoms with Crippen molar-refractivity contribution in [3.63, 3.8) is 0 Å². The van der Waals surface area contributed by atoms with Gasteiger partial charge in [-0.05, 0) is 37.8 Å². The molecule has 8 nitrogen and oxygen atoms in total. The van der Waals surface area contributed by atoms with E-state index in [1.807, 2.05) is 17.0 Å². The van der Waals surface area contributed by atoms with Gasteiger partial charge < -0.3 is 19.5 Å². The summed E-state index contributed by atoms with van der Waals surface area (Å²) in [6.07, 6.45) is 5.64. The number of rotatable bonds is 5. The SMILES string of the molecule is O=C(C1CC1)N1CCC(c2noc(-c3ccnc(NC4COC4)c3)n2)CC1. The van der Waals surface area contributed by atoms with Crippen LogP contribution in [0, 0.1) is 5.92 Å². The first-order chi connectivity index (χ1) is 13.3. The fourth-order valence-electron chi connectivity index (χ4n) is 3.64. The quantitative estimate of drug-likeness (QED) is 0.862. The van der Waals surface area contributed by atoms with Gasteiger partial charge in [0.2, 0.25) is 5.91 Å². The van der Waals surface area contributed by atoms with E-state index < -0.39 is 0 Å². The summed E-state index contributed by atoms with van der Waals surface area (Å²) >= 11 is 0. The number of hydrogen-bond donors (Lipinski definition) is 1. The Kier molecular flexibility index (Phi) is 4.27. The van der Waals surface area contributed by atoms with Crippen LogP contribution in [0.15, 0.2) is 22.9 Å². The van der Waals surface area contributed by atoms with Crippen LogP contribution in [-0.4, -0.2) is 58.3 Å². The first-order valence-corrected chi connectivity index (χ1v) is 9.69. The zero-order valence-corrected chi connectivity index (χ0v) is 15.1. The molecule has 1 N–H and O–H groups in total. The summed E-state index contributed by atoms with van der Waals surface area (Å²) in [5, 5.41) is 7.53. The van der Waals surface area contributed by atoms with E-state index in [1.165, 1.54) is 0 Å². The minimum absolute atomic E-state index is 0.248. The van der Waals surface area contributed by atoms with Gasteiger partial charge in [-0.15, -0.1) is 0 Å². The number of piperidine rings is 1. The lowest BCUT2D eigenvalue weighted by Crippen LogP contribution is -2.40. The number of nitrogens with one attached hydrogen (secondary N) is 1. The standard InChI is InChI=1S/C19H23N5O3/c25-19(13-1-2-13)24-7-4-12(5-8-24)17-22-18(27-23-17)14-3-6-20-16(9-14)21-15-10-26-11-15/h3,6,9,12-13,15H,1-2,4-5,7-8,10-11H2,(H,20,21). The van der Waals surface area contributed by atoms with Gasteiger partial charge >= 0.3 is 0 Å². The zero-order chi connectivity index (χ0) is 18.2. The molecule has 5 rings (SSSR count). The molecule has 0 aromatic carbocycles. The van der Waals surface area contributed by atoms with Crippen molar-refractivity contribution in [3.8, 4) is 11.5 Å². The van der Waals surface area contributed by atoms with Crippen molar-refractivity contribution in [2.45, 2.75) is 37.6 Å². The van der Waals surface area contributed by atoms with Crippen molar-refractivity contribution >= 4 is 11.7 Å². The molecule has 3 aliphatic rings. The second kappa shape index (κ2) is 6.92. The maximum Gasteiger partial charge on any atom is 0.258 e. The molecule has 0 unspecified atom stereocenters. The second-order valence-corrected chi connectivity index (χ2v) is 7.64. The highest BCUT2D eigenvalue weighted by Gasteiger charge is 2.35. The number of carbonyl (C=O) groups is 1. The van der Waals surface area contributed by atoms with E-state index in [2.05, 4.69) is 20.4 Å². The van der Waals surface area contributed by atoms with Crippen LogP contribution in [0.25, 0.3) is 11.5 Å². The van der Waals surface area contributed by atoms with E-state index in [9.17, 15) is 4.79 Å². The highest BCUT2D eigenvalue weighted by molar-refractivity contribution is 5.81. The van der Waals surface area contributed by atoms with Gasteiger partial charge in [-0.3, -0.25) is 4.79 Å². The number of hydrogen-bond acceptors (Lipinski definition) is 7. The number of amides is 1. The molecule has 3 fully saturated rings. The Balaban J connectivity index is 1.23. The Morgan fingerprint density at radius 2 is 2.00 bits per heavy atom. The highest BCUT2D eigenvalue weighted by atomic mass is 16.5. The van der Waals surface area contributed by atoms with E-state index in [0.29, 0.717) is 37.0 Å². The Morgan fingerprint density at radius 3 is 2.70 bits per heavy atom. The lowest BCUT2D eigenvalue weighted by molar-refractivity contribution is -0.133. The monoisotopic (exact) mass is 369 g/mol. The second-order valence-electron chi connectivity index (χ2n) is 7.64. The Hall–Kier alpha value is -2.48. The predicted molar refractivity (Wildman–Crippen MR) is 97.0 cm³/mol. The van der Waals surface area contributed by atoms with Crippen LogP contribution in [0.4, 0.5) is 5.82 Å². The average Bonchev–Trinajstić information content (AvgIpc) is 3.41. The van der Waals surface area contributed by atoms with Gasteiger partial charge in [0.25, 0.3) is 5.89 Å². The largest absolute Gasteiger partial charge is 0.377 e. The fourth-order valence-corrected chi connectivity index (χ4v) is 3.64. The van der Waals surface area contributed by atoms with Gasteiger partial charge in [0.15, 0.2) is 5.82 Å². The third-order valence-electron chi connectivity index (χ3n) is 5.54. The van der Waals surface area contributed by atoms with Crippen molar-refractivity contribution in [1.29, 1.82) is 0 Å². The smallest absolute Gasteiger partial charge is 0.258 e. The summed E-state index contributed by atoms with van der Waals surface area (Å²) in [6.45, 7) is 2.99. The molecule has 2 aromatic rings. The molecule has 1 aliphatic carbocycles. The molecule has 2 aromatic heterocycles. The molecule has 2 saturated heterocycles. The minimum atomic E-state index is 0.248. The lowest BCUT2D eigenvalue weighted by atomic mass is 9.96. The predicted octanol–water partition coefficient (Wildman–Crippen LogP) is 2.06. The van der Waals surface area contributed by atoms with Crippen molar-refractivity contribution < 1.29 is 14.1 Å². The van der Waals surface area contributed by atoms with Gasteiger partial charge in [0.05, 0.1) is 19.3 Å². The van der Waals surface area contributed by atoms with Crippen LogP contribution >= 0.6 is 0 Å². The first kappa shape index (κ1) is 16.7. The van der Waals surface area contributed by atoms with E-state index in [0.717, 1.165) is 56.0 Å². The molecule has 4 heterocycles. The molecule has 1 saturated carbocycles. The molecule has 0 bridgehead atoms. The van der Waals surface area contributed by atoms with Gasteiger partial charge in [0, 0.05) is 36.7 Å². The van der Waals surface area contributed by atoms with Gasteiger partial charge in [-0.25, -0.2) is 4.98 Å². The van der Waals surface area contributed by atoms with Crippen molar-refractivity contribution in [2.75, 3.05) is 31.6 Å². The molecule has 27 heavy (non-hydrogen) atoms. The van der Waals surface area contributed by atoms with Gasteiger partial charge in [-0.1, -0.05) is 5.16 Å². The molecule has 1 amide bonds. The van der Waals surface area contributed by atoms with Crippen LogP contribution in [0.2, 0.25) is 0 Å². The molecule has 142 valence electrons. The van der Waals surface area contributed by atoms with Crippen LogP contribution in [-0.2, 0) is 9.53 Å². The van der Waals surface area contributed by atoms with Crippen LogP contribution in [0.5, 0.6) is 0 Å². The Morgan fingerprint density at radius 1 is 1.19 bits per heavy atom. The van der Waals surface area contributed by atoms with E-state index in [4.69, 9.17) is 9.26 Å². The maximum absolute atomic E-state index is 12.2. The number of anilines is 1. The molecule has 0 spiro atoms. The number of aromatic nitrogens is 3. The summed E-state index contributed by atoms with van der Waals surface area (Å²) in [7, 11) is 0. The number of pyridine rings is 1. The summed E-state index contributed by atoms with van der Waals surface area (Å²) in [5.74, 6) is 2.90. The lowest BCUT2D eigenvalue weighted by Gasteiger charge is -2.30. The molecule has 0 atom stereocenters. The van der Waals surface area contributed by atoms with Crippen molar-refractivity contribution in [3.05, 3.63) is 24.2 Å². The van der Waals surface area contributed by atoms with Crippen molar-refractivity contribution in [2.24, 2.45) is 5.92 Å². The molecule has 2 aliphatic heterocycles. The van der Waals surface area contributed by atoms with E-state index >= 15 is 0 Å². The van der Waals surface area contributed by atoms with Gasteiger partial charge in [-0.2, -0.15) is 4.98 Å². The maximum atomic E-state index is 12.2. The Bertz CT molecular complexity index is 822. The molecular weight excluding hydrogens is 346 g/mol. The van der Waals surface area contributed by atoms with Crippen LogP contribution in [0.3, 0.4) is 0 Å². The topological polar surface area (TPSA) is 93.4 Å². The Labute approximate surface area is 157 Å². The first-order valence-electron chi connectivity index (χ1n) is 9.69. The zero-order valence-electron chi connectivity index (χ0n) is 15.1. The number of ether oxygens (including phenoxy) is 1. The third-order valence-corrected chi connectivity index (χ3v) is 5.54. The summed E-state index contributed by atoms with van der Waals surface area (Å²) in [4.78, 5) is 23.1. The van der Waals surface area contributed by atoms with Crippen LogP contribution in [0.1, 0.15) is 37.4 Å². The fraction of sp³-hybridized carbons (Fsp3) is 0.579. The minimum Gasteiger partial charge on any atom is -0.377 e. The van der Waals surface area contributed by atoms with Gasteiger partial charge in [0.1, 0.15) is 5.82 Å². The summed E-state index contributed by atoms with van der Waals surface area (Å²) in [6, 6.07) is 4.11. The number of nitrogens with zero attached hydrogens (tertiary/aromatic N) is 4. The van der Waals surface area contributed by atoms with Crippen molar-refractivity contribution in [1.82, 2.24) is 20.0 Å². The molecule has 0 radical (unpaired) electrons. The number of likely N-dealkylation sites (tertiary alicyclic amines) is 1. The number of carbonyl (C=O) groups excluding carboxylic acids is 1.